The number of fused-ring (bicyclic) bond motifs is 1. The first-order valence-electron chi connectivity index (χ1n) is 6.66. The van der Waals surface area contributed by atoms with Crippen LogP contribution in [0.4, 0.5) is 0 Å². The van der Waals surface area contributed by atoms with Gasteiger partial charge in [0.2, 0.25) is 0 Å². The fraction of sp³-hybridized carbons (Fsp3) is 0.125. The van der Waals surface area contributed by atoms with Crippen LogP contribution in [0.2, 0.25) is 0 Å². The molecule has 22 heavy (non-hydrogen) atoms. The number of H-pyrrole nitrogens is 1. The molecule has 0 aliphatic heterocycles. The number of rotatable bonds is 3. The van der Waals surface area contributed by atoms with Gasteiger partial charge in [0.15, 0.2) is 0 Å². The molecule has 5 nitrogen and oxygen atoms in total. The van der Waals surface area contributed by atoms with Gasteiger partial charge < -0.3 is 15.2 Å². The summed E-state index contributed by atoms with van der Waals surface area (Å²) in [7, 11) is 0. The highest BCUT2D eigenvalue weighted by molar-refractivity contribution is 9.10. The molecule has 112 valence electrons. The predicted octanol–water partition coefficient (Wildman–Crippen LogP) is 2.34. The lowest BCUT2D eigenvalue weighted by molar-refractivity contribution is 0.276. The zero-order chi connectivity index (χ0) is 15.7. The number of aliphatic hydroxyl groups is 2. The van der Waals surface area contributed by atoms with E-state index in [1.165, 1.54) is 0 Å². The van der Waals surface area contributed by atoms with Crippen LogP contribution in [-0.2, 0) is 13.2 Å². The fourth-order valence-corrected chi connectivity index (χ4v) is 2.82. The van der Waals surface area contributed by atoms with Crippen LogP contribution in [0.5, 0.6) is 0 Å². The Hall–Kier alpha value is -2.02. The minimum absolute atomic E-state index is 0.153. The van der Waals surface area contributed by atoms with Crippen LogP contribution in [0.15, 0.2) is 45.8 Å². The van der Waals surface area contributed by atoms with Crippen molar-refractivity contribution in [2.75, 3.05) is 0 Å². The average Bonchev–Trinajstić information content (AvgIpc) is 2.53. The van der Waals surface area contributed by atoms with Crippen molar-refractivity contribution in [2.24, 2.45) is 0 Å². The van der Waals surface area contributed by atoms with E-state index in [4.69, 9.17) is 0 Å². The maximum absolute atomic E-state index is 12.4. The fourth-order valence-electron chi connectivity index (χ4n) is 2.47. The number of hydrogen-bond acceptors (Lipinski definition) is 4. The Balaban J connectivity index is 2.30. The van der Waals surface area contributed by atoms with Gasteiger partial charge >= 0.3 is 0 Å². The third-order valence-corrected chi connectivity index (χ3v) is 3.87. The Morgan fingerprint density at radius 3 is 2.64 bits per heavy atom. The molecule has 6 heteroatoms. The molecule has 2 aromatic heterocycles. The Kier molecular flexibility index (Phi) is 4.06. The van der Waals surface area contributed by atoms with Crippen molar-refractivity contribution in [3.63, 3.8) is 0 Å². The van der Waals surface area contributed by atoms with E-state index >= 15 is 0 Å². The van der Waals surface area contributed by atoms with E-state index in [0.717, 1.165) is 0 Å². The molecule has 0 atom stereocenters. The molecular formula is C16H13BrN2O3. The van der Waals surface area contributed by atoms with Gasteiger partial charge in [0.05, 0.1) is 30.0 Å². The summed E-state index contributed by atoms with van der Waals surface area (Å²) in [4.78, 5) is 19.5. The molecule has 2 heterocycles. The summed E-state index contributed by atoms with van der Waals surface area (Å²) >= 11 is 3.30. The molecule has 0 unspecified atom stereocenters. The number of aliphatic hydroxyl groups excluding tert-OH is 2. The molecule has 0 aliphatic rings. The van der Waals surface area contributed by atoms with Gasteiger partial charge in [-0.05, 0) is 56.7 Å². The Morgan fingerprint density at radius 1 is 1.14 bits per heavy atom. The number of halogens is 1. The average molecular weight is 361 g/mol. The van der Waals surface area contributed by atoms with Gasteiger partial charge in [-0.3, -0.25) is 4.79 Å². The van der Waals surface area contributed by atoms with Crippen molar-refractivity contribution in [1.29, 1.82) is 0 Å². The molecule has 0 aliphatic carbocycles. The number of benzene rings is 1. The molecule has 3 aromatic rings. The standard InChI is InChI=1S/C16H13BrN2O3/c17-14-3-1-2-12(18-14)13-6-10-4-9(7-20)5-11(8-21)15(10)16(22)19-13/h1-6,20-21H,7-8H2,(H,19,22). The van der Waals surface area contributed by atoms with Gasteiger partial charge in [0, 0.05) is 0 Å². The molecule has 0 spiro atoms. The number of nitrogens with zero attached hydrogens (tertiary/aromatic N) is 1. The molecule has 1 aromatic carbocycles. The predicted molar refractivity (Wildman–Crippen MR) is 87.3 cm³/mol. The first-order chi connectivity index (χ1) is 10.6. The van der Waals surface area contributed by atoms with Gasteiger partial charge in [-0.25, -0.2) is 4.98 Å². The largest absolute Gasteiger partial charge is 0.392 e. The van der Waals surface area contributed by atoms with E-state index in [0.29, 0.717) is 37.9 Å². The van der Waals surface area contributed by atoms with Crippen molar-refractivity contribution in [3.05, 3.63) is 62.5 Å². The molecule has 0 amide bonds. The number of aromatic nitrogens is 2. The second-order valence-electron chi connectivity index (χ2n) is 4.89. The van der Waals surface area contributed by atoms with E-state index in [-0.39, 0.29) is 18.8 Å². The van der Waals surface area contributed by atoms with Gasteiger partial charge in [0.1, 0.15) is 4.60 Å². The third kappa shape index (κ3) is 2.68. The van der Waals surface area contributed by atoms with E-state index in [2.05, 4.69) is 25.9 Å². The van der Waals surface area contributed by atoms with Gasteiger partial charge in [-0.2, -0.15) is 0 Å². The van der Waals surface area contributed by atoms with Crippen molar-refractivity contribution in [1.82, 2.24) is 9.97 Å². The van der Waals surface area contributed by atoms with Crippen molar-refractivity contribution in [3.8, 4) is 11.4 Å². The van der Waals surface area contributed by atoms with Crippen molar-refractivity contribution in [2.45, 2.75) is 13.2 Å². The van der Waals surface area contributed by atoms with Gasteiger partial charge in [-0.1, -0.05) is 12.1 Å². The number of aromatic amines is 1. The summed E-state index contributed by atoms with van der Waals surface area (Å²) < 4.78 is 0.672. The second-order valence-corrected chi connectivity index (χ2v) is 5.71. The summed E-state index contributed by atoms with van der Waals surface area (Å²) in [5.74, 6) is 0. The Morgan fingerprint density at radius 2 is 1.95 bits per heavy atom. The molecule has 0 saturated carbocycles. The smallest absolute Gasteiger partial charge is 0.256 e. The van der Waals surface area contributed by atoms with Crippen LogP contribution in [0, 0.1) is 0 Å². The maximum atomic E-state index is 12.4. The van der Waals surface area contributed by atoms with Crippen LogP contribution >= 0.6 is 15.9 Å². The van der Waals surface area contributed by atoms with Gasteiger partial charge in [-0.15, -0.1) is 0 Å². The normalized spacial score (nSPS) is 11.0. The quantitative estimate of drug-likeness (QED) is 0.625. The van der Waals surface area contributed by atoms with Crippen LogP contribution in [-0.4, -0.2) is 20.2 Å². The van der Waals surface area contributed by atoms with Crippen molar-refractivity contribution < 1.29 is 10.2 Å². The van der Waals surface area contributed by atoms with Crippen LogP contribution in [0.25, 0.3) is 22.2 Å². The maximum Gasteiger partial charge on any atom is 0.256 e. The topological polar surface area (TPSA) is 86.2 Å². The van der Waals surface area contributed by atoms with E-state index < -0.39 is 0 Å². The van der Waals surface area contributed by atoms with E-state index in [1.54, 1.807) is 30.3 Å². The monoisotopic (exact) mass is 360 g/mol. The lowest BCUT2D eigenvalue weighted by Crippen LogP contribution is -2.10. The molecule has 3 N–H and O–H groups in total. The zero-order valence-corrected chi connectivity index (χ0v) is 13.1. The molecule has 0 radical (unpaired) electrons. The summed E-state index contributed by atoms with van der Waals surface area (Å²) in [6.07, 6.45) is 0. The van der Waals surface area contributed by atoms with Gasteiger partial charge in [0.25, 0.3) is 5.56 Å². The van der Waals surface area contributed by atoms with Crippen LogP contribution in [0.3, 0.4) is 0 Å². The minimum Gasteiger partial charge on any atom is -0.392 e. The molecule has 0 fully saturated rings. The molecule has 0 bridgehead atoms. The summed E-state index contributed by atoms with van der Waals surface area (Å²) in [6, 6.07) is 10.6. The zero-order valence-electron chi connectivity index (χ0n) is 11.5. The van der Waals surface area contributed by atoms with E-state index in [9.17, 15) is 15.0 Å². The lowest BCUT2D eigenvalue weighted by atomic mass is 10.0. The lowest BCUT2D eigenvalue weighted by Gasteiger charge is -2.09. The number of hydrogen-bond donors (Lipinski definition) is 3. The highest BCUT2D eigenvalue weighted by Crippen LogP contribution is 2.23. The highest BCUT2D eigenvalue weighted by atomic mass is 79.9. The minimum atomic E-state index is -0.289. The SMILES string of the molecule is O=c1[nH]c(-c2cccc(Br)n2)cc2cc(CO)cc(CO)c12. The molecule has 0 saturated heterocycles. The first-order valence-corrected chi connectivity index (χ1v) is 7.45. The highest BCUT2D eigenvalue weighted by Gasteiger charge is 2.10. The van der Waals surface area contributed by atoms with Crippen LogP contribution < -0.4 is 5.56 Å². The summed E-state index contributed by atoms with van der Waals surface area (Å²) in [6.45, 7) is -0.415. The van der Waals surface area contributed by atoms with E-state index in [1.807, 2.05) is 6.07 Å². The third-order valence-electron chi connectivity index (χ3n) is 3.43. The number of nitrogens with one attached hydrogen (secondary N) is 1. The Bertz CT molecular complexity index is 906. The second kappa shape index (κ2) is 6.00. The molecule has 3 rings (SSSR count). The number of pyridine rings is 2. The Labute approximate surface area is 134 Å². The summed E-state index contributed by atoms with van der Waals surface area (Å²) in [5, 5.41) is 19.9. The summed E-state index contributed by atoms with van der Waals surface area (Å²) in [5.41, 5.74) is 2.07. The van der Waals surface area contributed by atoms with Crippen molar-refractivity contribution >= 4 is 26.7 Å². The van der Waals surface area contributed by atoms with Crippen LogP contribution in [0.1, 0.15) is 11.1 Å². The first kappa shape index (κ1) is 14.9. The molecular weight excluding hydrogens is 348 g/mol.